The molecule has 0 fully saturated rings. The van der Waals surface area contributed by atoms with E-state index in [0.717, 1.165) is 28.2 Å². The van der Waals surface area contributed by atoms with Crippen LogP contribution in [0.2, 0.25) is 5.02 Å². The largest absolute Gasteiger partial charge is 0.386 e. The van der Waals surface area contributed by atoms with E-state index >= 15 is 0 Å². The molecule has 0 unspecified atom stereocenters. The number of halogens is 1. The van der Waals surface area contributed by atoms with Gasteiger partial charge in [-0.2, -0.15) is 5.10 Å². The first-order valence-corrected chi connectivity index (χ1v) is 11.7. The van der Waals surface area contributed by atoms with E-state index in [0.29, 0.717) is 5.02 Å². The van der Waals surface area contributed by atoms with Crippen LogP contribution in [0.25, 0.3) is 0 Å². The zero-order valence-electron chi connectivity index (χ0n) is 23.1. The number of nitrogens with zero attached hydrogens (tertiary/aromatic N) is 2. The van der Waals surface area contributed by atoms with Gasteiger partial charge in [-0.05, 0) is 62.9 Å². The maximum absolute atomic E-state index is 8.00. The second-order valence-electron chi connectivity index (χ2n) is 9.05. The molecule has 196 valence electrons. The van der Waals surface area contributed by atoms with Crippen LogP contribution < -0.4 is 10.3 Å². The maximum Gasteiger partial charge on any atom is 0.106 e. The highest BCUT2D eigenvalue weighted by atomic mass is 35.5. The predicted octanol–water partition coefficient (Wildman–Crippen LogP) is 8.15. The van der Waals surface area contributed by atoms with Crippen LogP contribution in [0.1, 0.15) is 52.7 Å². The molecule has 1 N–H and O–H groups in total. The molecule has 6 heteroatoms. The molecule has 0 radical (unpaired) electrons. The number of carbonyl (C=O) groups excluding carboxylic acids is 2. The SMILES string of the molecule is C=NN(C(/C=C\C(=C)C)=C(C)C)c1cc(Cl)ccc1NC.C=O.C=O.Cc1ccc(C(C)(C)C)cc1. The molecule has 0 atom stereocenters. The third-order valence-corrected chi connectivity index (χ3v) is 5.02. The van der Waals surface area contributed by atoms with Gasteiger partial charge in [0.2, 0.25) is 0 Å². The number of benzene rings is 2. The lowest BCUT2D eigenvalue weighted by molar-refractivity contribution is -0.0987. The van der Waals surface area contributed by atoms with E-state index in [1.54, 1.807) is 5.01 Å². The Morgan fingerprint density at radius 1 is 0.972 bits per heavy atom. The topological polar surface area (TPSA) is 61.8 Å². The molecule has 2 aromatic rings. The Morgan fingerprint density at radius 2 is 1.50 bits per heavy atom. The summed E-state index contributed by atoms with van der Waals surface area (Å²) >= 11 is 6.12. The van der Waals surface area contributed by atoms with Crippen molar-refractivity contribution in [2.45, 2.75) is 53.9 Å². The van der Waals surface area contributed by atoms with Gasteiger partial charge in [0.25, 0.3) is 0 Å². The van der Waals surface area contributed by atoms with Crippen LogP contribution >= 0.6 is 11.6 Å². The van der Waals surface area contributed by atoms with Gasteiger partial charge in [-0.1, -0.05) is 86.0 Å². The molecule has 0 bridgehead atoms. The number of rotatable bonds is 6. The maximum atomic E-state index is 8.00. The summed E-state index contributed by atoms with van der Waals surface area (Å²) in [6.45, 7) is 26.4. The summed E-state index contributed by atoms with van der Waals surface area (Å²) in [5, 5.41) is 9.72. The Bertz CT molecular complexity index is 1010. The monoisotopic (exact) mass is 511 g/mol. The number of carbonyl (C=O) groups is 2. The van der Waals surface area contributed by atoms with E-state index in [4.69, 9.17) is 21.2 Å². The summed E-state index contributed by atoms with van der Waals surface area (Å²) in [6.07, 6.45) is 3.93. The highest BCUT2D eigenvalue weighted by Crippen LogP contribution is 2.33. The average molecular weight is 512 g/mol. The smallest absolute Gasteiger partial charge is 0.106 e. The van der Waals surface area contributed by atoms with Crippen molar-refractivity contribution in [3.8, 4) is 0 Å². The molecule has 0 saturated heterocycles. The normalized spacial score (nSPS) is 9.81. The van der Waals surface area contributed by atoms with Crippen molar-refractivity contribution in [1.29, 1.82) is 0 Å². The van der Waals surface area contributed by atoms with Gasteiger partial charge in [0.15, 0.2) is 0 Å². The average Bonchev–Trinajstić information content (AvgIpc) is 2.84. The Balaban J connectivity index is 0. The Hall–Kier alpha value is -3.44. The summed E-state index contributed by atoms with van der Waals surface area (Å²) in [6, 6.07) is 14.4. The summed E-state index contributed by atoms with van der Waals surface area (Å²) in [7, 11) is 1.86. The second-order valence-corrected chi connectivity index (χ2v) is 9.48. The van der Waals surface area contributed by atoms with E-state index in [1.165, 1.54) is 11.1 Å². The minimum absolute atomic E-state index is 0.285. The highest BCUT2D eigenvalue weighted by molar-refractivity contribution is 6.31. The van der Waals surface area contributed by atoms with E-state index in [1.807, 2.05) is 71.7 Å². The van der Waals surface area contributed by atoms with Crippen LogP contribution in [0, 0.1) is 6.92 Å². The molecule has 0 aromatic heterocycles. The minimum atomic E-state index is 0.285. The van der Waals surface area contributed by atoms with Crippen LogP contribution in [-0.4, -0.2) is 27.3 Å². The predicted molar refractivity (Wildman–Crippen MR) is 159 cm³/mol. The molecule has 0 spiro atoms. The summed E-state index contributed by atoms with van der Waals surface area (Å²) in [5.74, 6) is 0. The quantitative estimate of drug-likeness (QED) is 0.241. The fraction of sp³-hybridized carbons (Fsp3) is 0.300. The standard InChI is InChI=1S/C17H22ClN3.C11H16.2CH2O/c1-12(2)7-10-16(13(3)4)21(20-6)17-11-14(18)8-9-15(17)19-5;1-9-5-7-10(8-6-9)11(2,3)4;2*1-2/h7-11,19H,1,6H2,2-5H3;5-8H,1-4H3;2*1H2/b10-7-;;;. The zero-order chi connectivity index (χ0) is 28.5. The number of allylic oxidation sites excluding steroid dienone is 4. The van der Waals surface area contributed by atoms with E-state index < -0.39 is 0 Å². The Kier molecular flexibility index (Phi) is 17.3. The minimum Gasteiger partial charge on any atom is -0.386 e. The number of nitrogens with one attached hydrogen (secondary N) is 1. The molecule has 2 aromatic carbocycles. The molecule has 5 nitrogen and oxygen atoms in total. The second kappa shape index (κ2) is 17.9. The van der Waals surface area contributed by atoms with Crippen LogP contribution in [0.5, 0.6) is 0 Å². The van der Waals surface area contributed by atoms with Gasteiger partial charge in [0.1, 0.15) is 13.6 Å². The van der Waals surface area contributed by atoms with E-state index in [-0.39, 0.29) is 5.41 Å². The summed E-state index contributed by atoms with van der Waals surface area (Å²) < 4.78 is 0. The third-order valence-electron chi connectivity index (χ3n) is 4.78. The van der Waals surface area contributed by atoms with Gasteiger partial charge in [-0.15, -0.1) is 0 Å². The van der Waals surface area contributed by atoms with Crippen LogP contribution in [0.3, 0.4) is 0 Å². The molecule has 0 amide bonds. The molecule has 0 aliphatic carbocycles. The van der Waals surface area contributed by atoms with Gasteiger partial charge in [0, 0.05) is 18.8 Å². The first kappa shape index (κ1) is 34.7. The first-order chi connectivity index (χ1) is 16.9. The molecule has 0 aliphatic rings. The van der Waals surface area contributed by atoms with Crippen molar-refractivity contribution in [3.05, 3.63) is 94.2 Å². The molecule has 0 saturated carbocycles. The van der Waals surface area contributed by atoms with E-state index in [9.17, 15) is 0 Å². The van der Waals surface area contributed by atoms with Gasteiger partial charge < -0.3 is 14.9 Å². The molecular formula is C30H42ClN3O2. The van der Waals surface area contributed by atoms with Crippen LogP contribution in [0.4, 0.5) is 11.4 Å². The number of anilines is 2. The van der Waals surface area contributed by atoms with Crippen molar-refractivity contribution in [2.75, 3.05) is 17.4 Å². The van der Waals surface area contributed by atoms with Gasteiger partial charge in [0.05, 0.1) is 17.1 Å². The van der Waals surface area contributed by atoms with Crippen molar-refractivity contribution in [3.63, 3.8) is 0 Å². The van der Waals surface area contributed by atoms with E-state index in [2.05, 4.69) is 75.7 Å². The number of hydrogen-bond acceptors (Lipinski definition) is 5. The summed E-state index contributed by atoms with van der Waals surface area (Å²) in [4.78, 5) is 16.0. The zero-order valence-corrected chi connectivity index (χ0v) is 23.9. The Morgan fingerprint density at radius 3 is 1.89 bits per heavy atom. The Labute approximate surface area is 223 Å². The van der Waals surface area contributed by atoms with Crippen molar-refractivity contribution < 1.29 is 9.59 Å². The number of aryl methyl sites for hydroxylation is 1. The van der Waals surface area contributed by atoms with Crippen LogP contribution in [0.15, 0.2) is 83.1 Å². The molecule has 0 heterocycles. The first-order valence-electron chi connectivity index (χ1n) is 11.3. The highest BCUT2D eigenvalue weighted by Gasteiger charge is 2.14. The molecule has 0 aliphatic heterocycles. The van der Waals surface area contributed by atoms with Crippen LogP contribution in [-0.2, 0) is 15.0 Å². The number of hydrazone groups is 1. The van der Waals surface area contributed by atoms with Crippen molar-refractivity contribution >= 4 is 43.3 Å². The lowest BCUT2D eigenvalue weighted by atomic mass is 9.87. The molecular weight excluding hydrogens is 470 g/mol. The van der Waals surface area contributed by atoms with Crippen molar-refractivity contribution in [1.82, 2.24) is 0 Å². The fourth-order valence-electron chi connectivity index (χ4n) is 2.90. The molecule has 36 heavy (non-hydrogen) atoms. The van der Waals surface area contributed by atoms with Gasteiger partial charge in [-0.3, -0.25) is 0 Å². The van der Waals surface area contributed by atoms with Gasteiger partial charge >= 0.3 is 0 Å². The lowest BCUT2D eigenvalue weighted by Crippen LogP contribution is -2.16. The van der Waals surface area contributed by atoms with Crippen molar-refractivity contribution in [2.24, 2.45) is 5.10 Å². The fourth-order valence-corrected chi connectivity index (χ4v) is 3.06. The lowest BCUT2D eigenvalue weighted by Gasteiger charge is -2.24. The summed E-state index contributed by atoms with van der Waals surface area (Å²) in [5.41, 5.74) is 7.82. The van der Waals surface area contributed by atoms with Gasteiger partial charge in [-0.25, -0.2) is 5.01 Å². The molecule has 2 rings (SSSR count). The number of hydrogen-bond donors (Lipinski definition) is 1. The third kappa shape index (κ3) is 12.3.